The molecule has 1 aromatic rings. The van der Waals surface area contributed by atoms with Crippen LogP contribution in [0.4, 0.5) is 0 Å². The van der Waals surface area contributed by atoms with Crippen LogP contribution in [-0.2, 0) is 0 Å². The van der Waals surface area contributed by atoms with Crippen LogP contribution < -0.4 is 5.73 Å². The van der Waals surface area contributed by atoms with Gasteiger partial charge in [-0.15, -0.1) is 0 Å². The van der Waals surface area contributed by atoms with Crippen molar-refractivity contribution in [1.29, 1.82) is 0 Å². The molecule has 0 amide bonds. The number of aromatic nitrogens is 1. The van der Waals surface area contributed by atoms with E-state index in [2.05, 4.69) is 16.9 Å². The monoisotopic (exact) mass is 195 g/mol. The third kappa shape index (κ3) is 1.81. The van der Waals surface area contributed by atoms with E-state index in [4.69, 9.17) is 10.2 Å². The molecule has 14 heavy (non-hydrogen) atoms. The lowest BCUT2D eigenvalue weighted by molar-refractivity contribution is 0.378. The zero-order valence-corrected chi connectivity index (χ0v) is 8.73. The van der Waals surface area contributed by atoms with Crippen molar-refractivity contribution in [3.05, 3.63) is 17.8 Å². The van der Waals surface area contributed by atoms with Gasteiger partial charge in [-0.2, -0.15) is 0 Å². The molecule has 2 unspecified atom stereocenters. The quantitative estimate of drug-likeness (QED) is 0.768. The molecule has 0 radical (unpaired) electrons. The molecule has 1 saturated heterocycles. The number of likely N-dealkylation sites (N-methyl/N-ethyl adjacent to an activating group) is 1. The van der Waals surface area contributed by atoms with Crippen LogP contribution in [-0.4, -0.2) is 30.0 Å². The lowest BCUT2D eigenvalue weighted by Gasteiger charge is -2.06. The minimum absolute atomic E-state index is 0.0598. The molecule has 2 N–H and O–H groups in total. The van der Waals surface area contributed by atoms with Crippen molar-refractivity contribution in [1.82, 2.24) is 9.88 Å². The van der Waals surface area contributed by atoms with Gasteiger partial charge in [0.05, 0.1) is 12.2 Å². The maximum absolute atomic E-state index is 5.71. The Balaban J connectivity index is 2.09. The Morgan fingerprint density at radius 3 is 3.00 bits per heavy atom. The Morgan fingerprint density at radius 1 is 1.71 bits per heavy atom. The minimum atomic E-state index is -0.0598. The average molecular weight is 195 g/mol. The van der Waals surface area contributed by atoms with Crippen molar-refractivity contribution < 1.29 is 4.42 Å². The van der Waals surface area contributed by atoms with E-state index in [1.807, 2.05) is 6.92 Å². The number of likely N-dealkylation sites (tertiary alicyclic amines) is 1. The summed E-state index contributed by atoms with van der Waals surface area (Å²) in [6.07, 6.45) is 2.88. The van der Waals surface area contributed by atoms with Gasteiger partial charge in [0.15, 0.2) is 5.89 Å². The summed E-state index contributed by atoms with van der Waals surface area (Å²) in [5, 5.41) is 0. The Bertz CT molecular complexity index is 308. The molecule has 4 heteroatoms. The number of oxazole rings is 1. The first-order valence-electron chi connectivity index (χ1n) is 5.06. The lowest BCUT2D eigenvalue weighted by Crippen LogP contribution is -2.13. The fourth-order valence-electron chi connectivity index (χ4n) is 1.84. The maximum Gasteiger partial charge on any atom is 0.198 e. The fraction of sp³-hybridized carbons (Fsp3) is 0.700. The standard InChI is InChI=1S/C10H17N3O/c1-7(11)9-5-12-10(14-9)8-3-4-13(2)6-8/h5,7-8H,3-4,6,11H2,1-2H3. The SMILES string of the molecule is CC(N)c1cnc(C2CCN(C)C2)o1. The van der Waals surface area contributed by atoms with Gasteiger partial charge in [0.1, 0.15) is 5.76 Å². The molecule has 0 aliphatic carbocycles. The molecular formula is C10H17N3O. The van der Waals surface area contributed by atoms with E-state index in [1.165, 1.54) is 0 Å². The van der Waals surface area contributed by atoms with Gasteiger partial charge < -0.3 is 15.1 Å². The first kappa shape index (κ1) is 9.68. The predicted molar refractivity (Wildman–Crippen MR) is 54.0 cm³/mol. The van der Waals surface area contributed by atoms with Gasteiger partial charge in [-0.05, 0) is 26.9 Å². The summed E-state index contributed by atoms with van der Waals surface area (Å²) in [5.41, 5.74) is 5.71. The molecule has 2 rings (SSSR count). The van der Waals surface area contributed by atoms with Crippen molar-refractivity contribution in [3.8, 4) is 0 Å². The molecule has 1 aromatic heterocycles. The van der Waals surface area contributed by atoms with Crippen LogP contribution in [0.15, 0.2) is 10.6 Å². The van der Waals surface area contributed by atoms with Crippen LogP contribution in [0, 0.1) is 0 Å². The van der Waals surface area contributed by atoms with E-state index < -0.39 is 0 Å². The highest BCUT2D eigenvalue weighted by Gasteiger charge is 2.25. The molecule has 4 nitrogen and oxygen atoms in total. The number of nitrogens with zero attached hydrogens (tertiary/aromatic N) is 2. The minimum Gasteiger partial charge on any atom is -0.444 e. The summed E-state index contributed by atoms with van der Waals surface area (Å²) < 4.78 is 5.61. The van der Waals surface area contributed by atoms with Gasteiger partial charge in [0, 0.05) is 12.5 Å². The molecule has 0 bridgehead atoms. The van der Waals surface area contributed by atoms with Crippen molar-refractivity contribution in [3.63, 3.8) is 0 Å². The summed E-state index contributed by atoms with van der Waals surface area (Å²) in [5.74, 6) is 2.09. The molecule has 0 aromatic carbocycles. The second-order valence-electron chi connectivity index (χ2n) is 4.14. The molecule has 2 heterocycles. The first-order valence-corrected chi connectivity index (χ1v) is 5.06. The van der Waals surface area contributed by atoms with Gasteiger partial charge in [-0.3, -0.25) is 0 Å². The van der Waals surface area contributed by atoms with Gasteiger partial charge >= 0.3 is 0 Å². The van der Waals surface area contributed by atoms with Crippen molar-refractivity contribution >= 4 is 0 Å². The summed E-state index contributed by atoms with van der Waals surface area (Å²) in [7, 11) is 2.12. The molecule has 2 atom stereocenters. The van der Waals surface area contributed by atoms with Crippen LogP contribution >= 0.6 is 0 Å². The molecule has 1 fully saturated rings. The van der Waals surface area contributed by atoms with Gasteiger partial charge in [0.25, 0.3) is 0 Å². The van der Waals surface area contributed by atoms with Gasteiger partial charge in [0.2, 0.25) is 0 Å². The number of hydrogen-bond donors (Lipinski definition) is 1. The van der Waals surface area contributed by atoms with E-state index in [1.54, 1.807) is 6.20 Å². The largest absolute Gasteiger partial charge is 0.444 e. The molecule has 0 saturated carbocycles. The second-order valence-corrected chi connectivity index (χ2v) is 4.14. The van der Waals surface area contributed by atoms with Crippen LogP contribution in [0.25, 0.3) is 0 Å². The van der Waals surface area contributed by atoms with Crippen molar-refractivity contribution in [2.24, 2.45) is 5.73 Å². The topological polar surface area (TPSA) is 55.3 Å². The normalized spacial score (nSPS) is 25.5. The molecule has 78 valence electrons. The van der Waals surface area contributed by atoms with Crippen LogP contribution in [0.3, 0.4) is 0 Å². The summed E-state index contributed by atoms with van der Waals surface area (Å²) in [6.45, 7) is 4.07. The Hall–Kier alpha value is -0.870. The molecular weight excluding hydrogens is 178 g/mol. The van der Waals surface area contributed by atoms with Crippen LogP contribution in [0.1, 0.15) is 37.0 Å². The molecule has 1 aliphatic heterocycles. The van der Waals surface area contributed by atoms with E-state index in [-0.39, 0.29) is 6.04 Å². The predicted octanol–water partition coefficient (Wildman–Crippen LogP) is 1.11. The zero-order chi connectivity index (χ0) is 10.1. The Morgan fingerprint density at radius 2 is 2.50 bits per heavy atom. The van der Waals surface area contributed by atoms with Crippen LogP contribution in [0.2, 0.25) is 0 Å². The zero-order valence-electron chi connectivity index (χ0n) is 8.73. The Labute approximate surface area is 84.1 Å². The van der Waals surface area contributed by atoms with Gasteiger partial charge in [-0.1, -0.05) is 0 Å². The van der Waals surface area contributed by atoms with Crippen molar-refractivity contribution in [2.75, 3.05) is 20.1 Å². The smallest absolute Gasteiger partial charge is 0.198 e. The summed E-state index contributed by atoms with van der Waals surface area (Å²) in [4.78, 5) is 6.57. The van der Waals surface area contributed by atoms with E-state index in [9.17, 15) is 0 Å². The maximum atomic E-state index is 5.71. The fourth-order valence-corrected chi connectivity index (χ4v) is 1.84. The van der Waals surface area contributed by atoms with E-state index in [0.29, 0.717) is 5.92 Å². The number of rotatable bonds is 2. The van der Waals surface area contributed by atoms with E-state index >= 15 is 0 Å². The van der Waals surface area contributed by atoms with E-state index in [0.717, 1.165) is 31.2 Å². The second kappa shape index (κ2) is 3.71. The first-order chi connectivity index (χ1) is 6.66. The third-order valence-electron chi connectivity index (χ3n) is 2.73. The average Bonchev–Trinajstić information content (AvgIpc) is 2.70. The molecule has 1 aliphatic rings. The summed E-state index contributed by atoms with van der Waals surface area (Å²) in [6, 6.07) is -0.0598. The highest BCUT2D eigenvalue weighted by Crippen LogP contribution is 2.26. The van der Waals surface area contributed by atoms with Crippen molar-refractivity contribution in [2.45, 2.75) is 25.3 Å². The third-order valence-corrected chi connectivity index (χ3v) is 2.73. The highest BCUT2D eigenvalue weighted by molar-refractivity contribution is 5.04. The van der Waals surface area contributed by atoms with Crippen LogP contribution in [0.5, 0.6) is 0 Å². The van der Waals surface area contributed by atoms with Gasteiger partial charge in [-0.25, -0.2) is 4.98 Å². The molecule has 0 spiro atoms. The number of nitrogens with two attached hydrogens (primary N) is 1. The Kier molecular flexibility index (Phi) is 2.56. The summed E-state index contributed by atoms with van der Waals surface area (Å²) >= 11 is 0. The lowest BCUT2D eigenvalue weighted by atomic mass is 10.1. The number of hydrogen-bond acceptors (Lipinski definition) is 4. The highest BCUT2D eigenvalue weighted by atomic mass is 16.4.